The molecular formula is C23H30N2O4S. The standard InChI is InChI=1S/C23H30N2O4S/c1-4-21(18-10-12-20(29-3)13-11-18)24-23(26)19-9-8-17(2)22(16-19)30(27,28)25-14-6-5-7-15-25/h8-13,16,21H,4-7,14-15H2,1-3H3,(H,24,26). The van der Waals surface area contributed by atoms with Crippen molar-refractivity contribution in [2.45, 2.75) is 50.5 Å². The maximum Gasteiger partial charge on any atom is 0.251 e. The number of methoxy groups -OCH3 is 1. The van der Waals surface area contributed by atoms with Gasteiger partial charge in [0.05, 0.1) is 18.0 Å². The minimum absolute atomic E-state index is 0.174. The minimum atomic E-state index is -3.60. The third-order valence-corrected chi connectivity index (χ3v) is 7.66. The average Bonchev–Trinajstić information content (AvgIpc) is 2.78. The second kappa shape index (κ2) is 9.62. The lowest BCUT2D eigenvalue weighted by Gasteiger charge is -2.26. The number of ether oxygens (including phenoxy) is 1. The van der Waals surface area contributed by atoms with E-state index in [2.05, 4.69) is 5.32 Å². The normalized spacial score (nSPS) is 16.1. The number of piperidine rings is 1. The summed E-state index contributed by atoms with van der Waals surface area (Å²) in [6.45, 7) is 4.84. The van der Waals surface area contributed by atoms with Crippen molar-refractivity contribution < 1.29 is 17.9 Å². The van der Waals surface area contributed by atoms with Crippen molar-refractivity contribution in [2.24, 2.45) is 0 Å². The highest BCUT2D eigenvalue weighted by Gasteiger charge is 2.28. The maximum atomic E-state index is 13.1. The van der Waals surface area contributed by atoms with Gasteiger partial charge in [0, 0.05) is 18.7 Å². The molecule has 0 aromatic heterocycles. The number of hydrogen-bond acceptors (Lipinski definition) is 4. The van der Waals surface area contributed by atoms with Gasteiger partial charge in [0.15, 0.2) is 0 Å². The van der Waals surface area contributed by atoms with Gasteiger partial charge in [-0.3, -0.25) is 4.79 Å². The molecule has 30 heavy (non-hydrogen) atoms. The predicted molar refractivity (Wildman–Crippen MR) is 117 cm³/mol. The zero-order chi connectivity index (χ0) is 21.7. The van der Waals surface area contributed by atoms with E-state index >= 15 is 0 Å². The van der Waals surface area contributed by atoms with Gasteiger partial charge in [-0.1, -0.05) is 31.5 Å². The summed E-state index contributed by atoms with van der Waals surface area (Å²) in [5.41, 5.74) is 1.97. The van der Waals surface area contributed by atoms with Gasteiger partial charge in [0.2, 0.25) is 10.0 Å². The lowest BCUT2D eigenvalue weighted by atomic mass is 10.0. The highest BCUT2D eigenvalue weighted by molar-refractivity contribution is 7.89. The number of carbonyl (C=O) groups is 1. The van der Waals surface area contributed by atoms with Crippen LogP contribution in [0.25, 0.3) is 0 Å². The molecule has 7 heteroatoms. The molecule has 0 aliphatic carbocycles. The smallest absolute Gasteiger partial charge is 0.251 e. The van der Waals surface area contributed by atoms with Crippen LogP contribution in [0.15, 0.2) is 47.4 Å². The van der Waals surface area contributed by atoms with Crippen molar-refractivity contribution in [2.75, 3.05) is 20.2 Å². The molecule has 3 rings (SSSR count). The molecule has 1 N–H and O–H groups in total. The van der Waals surface area contributed by atoms with E-state index in [4.69, 9.17) is 4.74 Å². The zero-order valence-electron chi connectivity index (χ0n) is 17.8. The predicted octanol–water partition coefficient (Wildman–Crippen LogP) is 4.06. The zero-order valence-corrected chi connectivity index (χ0v) is 18.7. The largest absolute Gasteiger partial charge is 0.497 e. The summed E-state index contributed by atoms with van der Waals surface area (Å²) < 4.78 is 33.0. The van der Waals surface area contributed by atoms with Crippen LogP contribution in [0.5, 0.6) is 5.75 Å². The Bertz CT molecular complexity index is 981. The van der Waals surface area contributed by atoms with Crippen molar-refractivity contribution in [3.8, 4) is 5.75 Å². The van der Waals surface area contributed by atoms with Crippen LogP contribution in [0.2, 0.25) is 0 Å². The molecule has 1 aliphatic heterocycles. The molecule has 2 aromatic rings. The Hall–Kier alpha value is -2.38. The quantitative estimate of drug-likeness (QED) is 0.719. The molecule has 1 fully saturated rings. The first kappa shape index (κ1) is 22.3. The Balaban J connectivity index is 1.82. The van der Waals surface area contributed by atoms with Gasteiger partial charge in [-0.25, -0.2) is 8.42 Å². The lowest BCUT2D eigenvalue weighted by molar-refractivity contribution is 0.0935. The van der Waals surface area contributed by atoms with Crippen LogP contribution in [-0.4, -0.2) is 38.8 Å². The van der Waals surface area contributed by atoms with Gasteiger partial charge in [0.25, 0.3) is 5.91 Å². The molecule has 0 spiro atoms. The van der Waals surface area contributed by atoms with Crippen LogP contribution in [0, 0.1) is 6.92 Å². The first-order valence-electron chi connectivity index (χ1n) is 10.4. The van der Waals surface area contributed by atoms with Crippen LogP contribution < -0.4 is 10.1 Å². The molecule has 1 heterocycles. The van der Waals surface area contributed by atoms with E-state index in [-0.39, 0.29) is 16.8 Å². The van der Waals surface area contributed by atoms with Gasteiger partial charge in [-0.05, 0) is 61.6 Å². The van der Waals surface area contributed by atoms with E-state index in [9.17, 15) is 13.2 Å². The number of nitrogens with zero attached hydrogens (tertiary/aromatic N) is 1. The van der Waals surface area contributed by atoms with E-state index < -0.39 is 10.0 Å². The molecule has 1 unspecified atom stereocenters. The summed E-state index contributed by atoms with van der Waals surface area (Å²) in [6.07, 6.45) is 3.51. The summed E-state index contributed by atoms with van der Waals surface area (Å²) in [5, 5.41) is 3.03. The van der Waals surface area contributed by atoms with Crippen LogP contribution in [0.3, 0.4) is 0 Å². The molecule has 2 aromatic carbocycles. The van der Waals surface area contributed by atoms with Gasteiger partial charge in [0.1, 0.15) is 5.75 Å². The van der Waals surface area contributed by atoms with E-state index in [1.165, 1.54) is 10.4 Å². The summed E-state index contributed by atoms with van der Waals surface area (Å²) in [4.78, 5) is 13.2. The molecule has 1 aliphatic rings. The summed E-state index contributed by atoms with van der Waals surface area (Å²) in [7, 11) is -1.99. The fourth-order valence-electron chi connectivity index (χ4n) is 3.76. The number of hydrogen-bond donors (Lipinski definition) is 1. The van der Waals surface area contributed by atoms with Crippen molar-refractivity contribution in [3.05, 3.63) is 59.2 Å². The van der Waals surface area contributed by atoms with Gasteiger partial charge < -0.3 is 10.1 Å². The van der Waals surface area contributed by atoms with Crippen molar-refractivity contribution in [1.82, 2.24) is 9.62 Å². The third-order valence-electron chi connectivity index (χ3n) is 5.61. The number of carbonyl (C=O) groups excluding carboxylic acids is 1. The number of benzene rings is 2. The molecule has 1 amide bonds. The second-order valence-electron chi connectivity index (χ2n) is 7.65. The number of rotatable bonds is 7. The molecule has 162 valence electrons. The molecule has 1 atom stereocenters. The Morgan fingerprint density at radius 3 is 2.37 bits per heavy atom. The second-order valence-corrected chi connectivity index (χ2v) is 9.56. The van der Waals surface area contributed by atoms with E-state index in [1.54, 1.807) is 26.2 Å². The number of nitrogens with one attached hydrogen (secondary N) is 1. The number of amides is 1. The fraction of sp³-hybridized carbons (Fsp3) is 0.435. The van der Waals surface area contributed by atoms with Gasteiger partial charge in [-0.2, -0.15) is 4.31 Å². The third kappa shape index (κ3) is 4.84. The van der Waals surface area contributed by atoms with E-state index in [0.29, 0.717) is 30.6 Å². The van der Waals surface area contributed by atoms with Crippen LogP contribution in [0.4, 0.5) is 0 Å². The van der Waals surface area contributed by atoms with E-state index in [0.717, 1.165) is 30.6 Å². The monoisotopic (exact) mass is 430 g/mol. The first-order chi connectivity index (χ1) is 14.4. The Morgan fingerprint density at radius 1 is 1.10 bits per heavy atom. The molecule has 1 saturated heterocycles. The van der Waals surface area contributed by atoms with Gasteiger partial charge in [-0.15, -0.1) is 0 Å². The minimum Gasteiger partial charge on any atom is -0.497 e. The Morgan fingerprint density at radius 2 is 1.77 bits per heavy atom. The summed E-state index contributed by atoms with van der Waals surface area (Å²) >= 11 is 0. The highest BCUT2D eigenvalue weighted by atomic mass is 32.2. The summed E-state index contributed by atoms with van der Waals surface area (Å²) in [6, 6.07) is 12.3. The lowest BCUT2D eigenvalue weighted by Crippen LogP contribution is -2.36. The van der Waals surface area contributed by atoms with Gasteiger partial charge >= 0.3 is 0 Å². The summed E-state index contributed by atoms with van der Waals surface area (Å²) in [5.74, 6) is 0.471. The van der Waals surface area contributed by atoms with Crippen molar-refractivity contribution >= 4 is 15.9 Å². The molecule has 6 nitrogen and oxygen atoms in total. The fourth-order valence-corrected chi connectivity index (χ4v) is 5.53. The first-order valence-corrected chi connectivity index (χ1v) is 11.9. The molecule has 0 radical (unpaired) electrons. The van der Waals surface area contributed by atoms with Crippen LogP contribution >= 0.6 is 0 Å². The average molecular weight is 431 g/mol. The maximum absolute atomic E-state index is 13.1. The number of aryl methyl sites for hydroxylation is 1. The SMILES string of the molecule is CCC(NC(=O)c1ccc(C)c(S(=O)(=O)N2CCCCC2)c1)c1ccc(OC)cc1. The topological polar surface area (TPSA) is 75.7 Å². The Labute approximate surface area is 179 Å². The van der Waals surface area contributed by atoms with E-state index in [1.807, 2.05) is 31.2 Å². The van der Waals surface area contributed by atoms with Crippen LogP contribution in [0.1, 0.15) is 60.1 Å². The molecular weight excluding hydrogens is 400 g/mol. The molecule has 0 bridgehead atoms. The number of sulfonamides is 1. The molecule has 0 saturated carbocycles. The Kier molecular flexibility index (Phi) is 7.15. The van der Waals surface area contributed by atoms with Crippen molar-refractivity contribution in [3.63, 3.8) is 0 Å². The highest BCUT2D eigenvalue weighted by Crippen LogP contribution is 2.25. The van der Waals surface area contributed by atoms with Crippen molar-refractivity contribution in [1.29, 1.82) is 0 Å². The van der Waals surface area contributed by atoms with Crippen LogP contribution in [-0.2, 0) is 10.0 Å².